The van der Waals surface area contributed by atoms with E-state index in [4.69, 9.17) is 0 Å². The Bertz CT molecular complexity index is 143. The zero-order valence-corrected chi connectivity index (χ0v) is 3.79. The van der Waals surface area contributed by atoms with Crippen molar-refractivity contribution in [3.63, 3.8) is 0 Å². The van der Waals surface area contributed by atoms with Gasteiger partial charge in [-0.15, -0.1) is 0 Å². The van der Waals surface area contributed by atoms with E-state index in [0.29, 0.717) is 5.76 Å². The third-order valence-electron chi connectivity index (χ3n) is 0.659. The highest BCUT2D eigenvalue weighted by molar-refractivity contribution is 5.37. The van der Waals surface area contributed by atoms with Crippen LogP contribution in [0.3, 0.4) is 0 Å². The minimum atomic E-state index is 0.708. The molecule has 7 heavy (non-hydrogen) atoms. The molecular formula is C5H5NO. The third kappa shape index (κ3) is 0.682. The van der Waals surface area contributed by atoms with Gasteiger partial charge >= 0.3 is 0 Å². The summed E-state index contributed by atoms with van der Waals surface area (Å²) in [6.45, 7) is 3.47. The lowest BCUT2D eigenvalue weighted by Crippen LogP contribution is -1.52. The molecule has 0 aliphatic heterocycles. The second-order valence-corrected chi connectivity index (χ2v) is 1.12. The Morgan fingerprint density at radius 1 is 1.86 bits per heavy atom. The van der Waals surface area contributed by atoms with Crippen molar-refractivity contribution in [2.45, 2.75) is 0 Å². The first-order chi connectivity index (χ1) is 3.43. The maximum atomic E-state index is 4.61. The molecule has 1 heterocycles. The first-order valence-corrected chi connectivity index (χ1v) is 1.96. The summed E-state index contributed by atoms with van der Waals surface area (Å²) in [5.41, 5.74) is 0. The van der Waals surface area contributed by atoms with Crippen molar-refractivity contribution < 1.29 is 4.52 Å². The van der Waals surface area contributed by atoms with Gasteiger partial charge in [0, 0.05) is 6.07 Å². The van der Waals surface area contributed by atoms with E-state index in [0.717, 1.165) is 0 Å². The SMILES string of the molecule is C=Cc1ccno1. The van der Waals surface area contributed by atoms with E-state index < -0.39 is 0 Å². The first-order valence-electron chi connectivity index (χ1n) is 1.96. The van der Waals surface area contributed by atoms with Gasteiger partial charge in [-0.1, -0.05) is 11.7 Å². The van der Waals surface area contributed by atoms with Crippen LogP contribution >= 0.6 is 0 Å². The molecule has 2 nitrogen and oxygen atoms in total. The predicted octanol–water partition coefficient (Wildman–Crippen LogP) is 1.32. The van der Waals surface area contributed by atoms with Crippen LogP contribution in [0, 0.1) is 0 Å². The minimum absolute atomic E-state index is 0.708. The molecule has 1 aromatic rings. The molecule has 0 unspecified atom stereocenters. The summed E-state index contributed by atoms with van der Waals surface area (Å²) < 4.78 is 4.61. The number of aromatic nitrogens is 1. The first kappa shape index (κ1) is 4.12. The maximum absolute atomic E-state index is 4.61. The summed E-state index contributed by atoms with van der Waals surface area (Å²) in [5.74, 6) is 0.708. The van der Waals surface area contributed by atoms with E-state index in [9.17, 15) is 0 Å². The van der Waals surface area contributed by atoms with Crippen LogP contribution in [0.25, 0.3) is 6.08 Å². The largest absolute Gasteiger partial charge is 0.357 e. The van der Waals surface area contributed by atoms with Gasteiger partial charge in [0.15, 0.2) is 5.76 Å². The number of nitrogens with zero attached hydrogens (tertiary/aromatic N) is 1. The zero-order valence-electron chi connectivity index (χ0n) is 3.79. The van der Waals surface area contributed by atoms with Crippen molar-refractivity contribution in [1.29, 1.82) is 0 Å². The number of hydrogen-bond acceptors (Lipinski definition) is 2. The second-order valence-electron chi connectivity index (χ2n) is 1.12. The highest BCUT2D eigenvalue weighted by Gasteiger charge is 1.82. The molecule has 0 aromatic carbocycles. The lowest BCUT2D eigenvalue weighted by atomic mass is 10.5. The molecule has 0 radical (unpaired) electrons. The Labute approximate surface area is 41.4 Å². The fourth-order valence-electron chi connectivity index (χ4n) is 0.331. The highest BCUT2D eigenvalue weighted by atomic mass is 16.5. The predicted molar refractivity (Wildman–Crippen MR) is 26.6 cm³/mol. The van der Waals surface area contributed by atoms with Gasteiger partial charge in [-0.05, 0) is 6.08 Å². The standard InChI is InChI=1S/C5H5NO/c1-2-5-3-4-6-7-5/h2-4H,1H2. The second kappa shape index (κ2) is 1.60. The van der Waals surface area contributed by atoms with Crippen LogP contribution < -0.4 is 0 Å². The molecule has 36 valence electrons. The molecule has 1 rings (SSSR count). The Hall–Kier alpha value is -1.05. The number of rotatable bonds is 1. The normalized spacial score (nSPS) is 8.57. The average molecular weight is 95.1 g/mol. The van der Waals surface area contributed by atoms with Crippen molar-refractivity contribution in [2.24, 2.45) is 0 Å². The van der Waals surface area contributed by atoms with E-state index in [-0.39, 0.29) is 0 Å². The molecular weight excluding hydrogens is 90.1 g/mol. The summed E-state index contributed by atoms with van der Waals surface area (Å²) in [5, 5.41) is 3.45. The lowest BCUT2D eigenvalue weighted by Gasteiger charge is -1.69. The van der Waals surface area contributed by atoms with Gasteiger partial charge in [-0.3, -0.25) is 0 Å². The van der Waals surface area contributed by atoms with Crippen LogP contribution in [0.4, 0.5) is 0 Å². The van der Waals surface area contributed by atoms with E-state index in [1.54, 1.807) is 18.3 Å². The fourth-order valence-corrected chi connectivity index (χ4v) is 0.331. The van der Waals surface area contributed by atoms with Crippen molar-refractivity contribution in [2.75, 3.05) is 0 Å². The smallest absolute Gasteiger partial charge is 0.159 e. The Morgan fingerprint density at radius 3 is 3.00 bits per heavy atom. The zero-order chi connectivity index (χ0) is 5.11. The van der Waals surface area contributed by atoms with Crippen molar-refractivity contribution >= 4 is 6.08 Å². The Morgan fingerprint density at radius 2 is 2.71 bits per heavy atom. The van der Waals surface area contributed by atoms with Crippen molar-refractivity contribution in [3.8, 4) is 0 Å². The summed E-state index contributed by atoms with van der Waals surface area (Å²) in [4.78, 5) is 0. The van der Waals surface area contributed by atoms with E-state index in [1.807, 2.05) is 0 Å². The quantitative estimate of drug-likeness (QED) is 0.525. The van der Waals surface area contributed by atoms with Crippen LogP contribution in [-0.2, 0) is 0 Å². The summed E-state index contributed by atoms with van der Waals surface area (Å²) in [6.07, 6.45) is 3.18. The molecule has 0 bridgehead atoms. The molecule has 0 spiro atoms. The highest BCUT2D eigenvalue weighted by Crippen LogP contribution is 1.95. The van der Waals surface area contributed by atoms with E-state index >= 15 is 0 Å². The molecule has 2 heteroatoms. The van der Waals surface area contributed by atoms with E-state index in [1.165, 1.54) is 0 Å². The molecule has 1 aromatic heterocycles. The molecule has 0 aliphatic carbocycles. The third-order valence-corrected chi connectivity index (χ3v) is 0.659. The van der Waals surface area contributed by atoms with Gasteiger partial charge in [-0.2, -0.15) is 0 Å². The molecule has 0 saturated heterocycles. The minimum Gasteiger partial charge on any atom is -0.357 e. The maximum Gasteiger partial charge on any atom is 0.159 e. The van der Waals surface area contributed by atoms with Crippen LogP contribution in [0.5, 0.6) is 0 Å². The van der Waals surface area contributed by atoms with Crippen molar-refractivity contribution in [3.05, 3.63) is 24.6 Å². The Kier molecular flexibility index (Phi) is 0.941. The van der Waals surface area contributed by atoms with Gasteiger partial charge in [0.1, 0.15) is 0 Å². The molecule has 0 N–H and O–H groups in total. The summed E-state index contributed by atoms with van der Waals surface area (Å²) >= 11 is 0. The van der Waals surface area contributed by atoms with Crippen LogP contribution in [0.2, 0.25) is 0 Å². The van der Waals surface area contributed by atoms with Crippen molar-refractivity contribution in [1.82, 2.24) is 5.16 Å². The lowest BCUT2D eigenvalue weighted by molar-refractivity contribution is 0.413. The molecule has 0 aliphatic rings. The molecule has 0 fully saturated rings. The van der Waals surface area contributed by atoms with Gasteiger partial charge < -0.3 is 4.52 Å². The van der Waals surface area contributed by atoms with Gasteiger partial charge in [0.05, 0.1) is 6.20 Å². The Balaban J connectivity index is 2.96. The summed E-state index contributed by atoms with van der Waals surface area (Å²) in [6, 6.07) is 1.74. The van der Waals surface area contributed by atoms with Gasteiger partial charge in [0.25, 0.3) is 0 Å². The number of hydrogen-bond donors (Lipinski definition) is 0. The topological polar surface area (TPSA) is 26.0 Å². The van der Waals surface area contributed by atoms with E-state index in [2.05, 4.69) is 16.3 Å². The average Bonchev–Trinajstić information content (AvgIpc) is 2.14. The van der Waals surface area contributed by atoms with Crippen LogP contribution in [0.1, 0.15) is 5.76 Å². The van der Waals surface area contributed by atoms with Gasteiger partial charge in [0.2, 0.25) is 0 Å². The molecule has 0 saturated carbocycles. The monoisotopic (exact) mass is 95.0 g/mol. The van der Waals surface area contributed by atoms with Crippen LogP contribution in [0.15, 0.2) is 23.4 Å². The van der Waals surface area contributed by atoms with Crippen LogP contribution in [-0.4, -0.2) is 5.16 Å². The summed E-state index contributed by atoms with van der Waals surface area (Å²) in [7, 11) is 0. The molecule has 0 amide bonds. The molecule has 0 atom stereocenters. The fraction of sp³-hybridized carbons (Fsp3) is 0. The van der Waals surface area contributed by atoms with Gasteiger partial charge in [-0.25, -0.2) is 0 Å².